The summed E-state index contributed by atoms with van der Waals surface area (Å²) >= 11 is 0. The standard InChI is InChI=1S/C23H24FN3O3/c1-16-20-14-17(5-9-22(28)26-29)4-8-21(20)30-23(25-16)10-12-27(13-11-23)15-18-2-6-19(24)7-3-18/h2-9,14,25,29H,1,10-13,15H2,(H,26,28)/b9-5+. The maximum absolute atomic E-state index is 13.1. The van der Waals surface area contributed by atoms with Crippen LogP contribution in [-0.2, 0) is 11.3 Å². The maximum atomic E-state index is 13.1. The molecule has 3 N–H and O–H groups in total. The topological polar surface area (TPSA) is 73.8 Å². The van der Waals surface area contributed by atoms with Crippen molar-refractivity contribution in [2.24, 2.45) is 0 Å². The van der Waals surface area contributed by atoms with Crippen molar-refractivity contribution in [3.05, 3.63) is 77.6 Å². The smallest absolute Gasteiger partial charge is 0.267 e. The van der Waals surface area contributed by atoms with Crippen LogP contribution in [0.4, 0.5) is 4.39 Å². The lowest BCUT2D eigenvalue weighted by Crippen LogP contribution is -2.57. The summed E-state index contributed by atoms with van der Waals surface area (Å²) in [5, 5.41) is 12.0. The molecule has 0 unspecified atom stereocenters. The number of fused-ring (bicyclic) bond motifs is 1. The Kier molecular flexibility index (Phi) is 5.57. The summed E-state index contributed by atoms with van der Waals surface area (Å²) in [6, 6.07) is 12.3. The summed E-state index contributed by atoms with van der Waals surface area (Å²) in [6.07, 6.45) is 4.45. The number of nitrogens with zero attached hydrogens (tertiary/aromatic N) is 1. The average molecular weight is 409 g/mol. The van der Waals surface area contributed by atoms with Crippen LogP contribution in [0.3, 0.4) is 0 Å². The van der Waals surface area contributed by atoms with Crippen LogP contribution in [0, 0.1) is 5.82 Å². The molecule has 0 aromatic heterocycles. The Bertz CT molecular complexity index is 980. The van der Waals surface area contributed by atoms with E-state index in [1.54, 1.807) is 11.6 Å². The van der Waals surface area contributed by atoms with E-state index in [0.29, 0.717) is 0 Å². The van der Waals surface area contributed by atoms with Gasteiger partial charge in [0, 0.05) is 49.8 Å². The fourth-order valence-electron chi connectivity index (χ4n) is 3.91. The number of piperidine rings is 1. The van der Waals surface area contributed by atoms with Crippen LogP contribution in [0.5, 0.6) is 5.75 Å². The number of hydroxylamine groups is 1. The lowest BCUT2D eigenvalue weighted by atomic mass is 9.95. The molecule has 0 radical (unpaired) electrons. The van der Waals surface area contributed by atoms with Crippen LogP contribution < -0.4 is 15.5 Å². The predicted molar refractivity (Wildman–Crippen MR) is 112 cm³/mol. The molecular formula is C23H24FN3O3. The average Bonchev–Trinajstić information content (AvgIpc) is 2.75. The lowest BCUT2D eigenvalue weighted by molar-refractivity contribution is -0.124. The molecule has 0 saturated carbocycles. The highest BCUT2D eigenvalue weighted by atomic mass is 19.1. The molecule has 7 heteroatoms. The minimum Gasteiger partial charge on any atom is -0.467 e. The second-order valence-corrected chi connectivity index (χ2v) is 7.67. The number of benzene rings is 2. The van der Waals surface area contributed by atoms with Crippen molar-refractivity contribution in [1.29, 1.82) is 0 Å². The molecule has 2 aliphatic heterocycles. The Hall–Kier alpha value is -3.16. The van der Waals surface area contributed by atoms with E-state index in [9.17, 15) is 9.18 Å². The van der Waals surface area contributed by atoms with E-state index >= 15 is 0 Å². The third-order valence-electron chi connectivity index (χ3n) is 5.53. The van der Waals surface area contributed by atoms with Crippen molar-refractivity contribution in [2.45, 2.75) is 25.1 Å². The van der Waals surface area contributed by atoms with Gasteiger partial charge in [-0.25, -0.2) is 9.87 Å². The molecular weight excluding hydrogens is 385 g/mol. The molecule has 1 saturated heterocycles. The van der Waals surface area contributed by atoms with Gasteiger partial charge < -0.3 is 10.1 Å². The first kappa shape index (κ1) is 20.1. The van der Waals surface area contributed by atoms with Crippen LogP contribution in [0.1, 0.15) is 29.5 Å². The fourth-order valence-corrected chi connectivity index (χ4v) is 3.91. The van der Waals surface area contributed by atoms with E-state index in [1.807, 2.05) is 30.3 Å². The maximum Gasteiger partial charge on any atom is 0.267 e. The Morgan fingerprint density at radius 2 is 2.00 bits per heavy atom. The Morgan fingerprint density at radius 1 is 1.27 bits per heavy atom. The summed E-state index contributed by atoms with van der Waals surface area (Å²) < 4.78 is 19.5. The van der Waals surface area contributed by atoms with Crippen LogP contribution in [0.25, 0.3) is 11.8 Å². The molecule has 2 aromatic carbocycles. The number of likely N-dealkylation sites (tertiary alicyclic amines) is 1. The van der Waals surface area contributed by atoms with Crippen LogP contribution in [0.2, 0.25) is 0 Å². The number of hydrogen-bond donors (Lipinski definition) is 3. The van der Waals surface area contributed by atoms with Gasteiger partial charge in [0.2, 0.25) is 0 Å². The minimum absolute atomic E-state index is 0.219. The van der Waals surface area contributed by atoms with Gasteiger partial charge in [-0.1, -0.05) is 24.8 Å². The molecule has 0 aliphatic carbocycles. The SMILES string of the molecule is C=C1NC2(CCN(Cc3ccc(F)cc3)CC2)Oc2ccc(/C=C/C(=O)NO)cc21. The van der Waals surface area contributed by atoms with Crippen molar-refractivity contribution in [2.75, 3.05) is 13.1 Å². The van der Waals surface area contributed by atoms with Gasteiger partial charge in [0.05, 0.1) is 0 Å². The molecule has 4 rings (SSSR count). The zero-order valence-electron chi connectivity index (χ0n) is 16.5. The first-order valence-corrected chi connectivity index (χ1v) is 9.86. The van der Waals surface area contributed by atoms with Crippen molar-refractivity contribution in [3.8, 4) is 5.75 Å². The van der Waals surface area contributed by atoms with Crippen molar-refractivity contribution in [3.63, 3.8) is 0 Å². The number of ether oxygens (including phenoxy) is 1. The van der Waals surface area contributed by atoms with Gasteiger partial charge in [-0.05, 0) is 41.5 Å². The number of nitrogens with one attached hydrogen (secondary N) is 2. The summed E-state index contributed by atoms with van der Waals surface area (Å²) in [6.45, 7) is 6.65. The van der Waals surface area contributed by atoms with E-state index in [0.717, 1.165) is 60.6 Å². The van der Waals surface area contributed by atoms with Gasteiger partial charge in [0.25, 0.3) is 5.91 Å². The van der Waals surface area contributed by atoms with Crippen molar-refractivity contribution >= 4 is 17.7 Å². The van der Waals surface area contributed by atoms with Crippen LogP contribution in [-0.4, -0.2) is 34.8 Å². The number of rotatable bonds is 4. The largest absolute Gasteiger partial charge is 0.467 e. The highest BCUT2D eigenvalue weighted by Gasteiger charge is 2.40. The lowest BCUT2D eigenvalue weighted by Gasteiger charge is -2.46. The summed E-state index contributed by atoms with van der Waals surface area (Å²) in [4.78, 5) is 13.5. The van der Waals surface area contributed by atoms with E-state index in [2.05, 4.69) is 16.8 Å². The Labute approximate surface area is 174 Å². The molecule has 2 heterocycles. The number of halogens is 1. The number of carbonyl (C=O) groups excluding carboxylic acids is 1. The summed E-state index contributed by atoms with van der Waals surface area (Å²) in [5.41, 5.74) is 4.60. The Balaban J connectivity index is 1.42. The highest BCUT2D eigenvalue weighted by molar-refractivity contribution is 5.91. The molecule has 0 atom stereocenters. The van der Waals surface area contributed by atoms with Gasteiger partial charge in [-0.2, -0.15) is 0 Å². The minimum atomic E-state index is -0.590. The van der Waals surface area contributed by atoms with Gasteiger partial charge in [0.1, 0.15) is 11.6 Å². The first-order valence-electron chi connectivity index (χ1n) is 9.86. The number of hydrogen-bond acceptors (Lipinski definition) is 5. The summed E-state index contributed by atoms with van der Waals surface area (Å²) in [7, 11) is 0. The molecule has 2 aliphatic rings. The van der Waals surface area contributed by atoms with E-state index < -0.39 is 11.6 Å². The molecule has 30 heavy (non-hydrogen) atoms. The number of amides is 1. The van der Waals surface area contributed by atoms with Crippen molar-refractivity contribution in [1.82, 2.24) is 15.7 Å². The van der Waals surface area contributed by atoms with Gasteiger partial charge in [0.15, 0.2) is 5.72 Å². The molecule has 6 nitrogen and oxygen atoms in total. The van der Waals surface area contributed by atoms with Crippen molar-refractivity contribution < 1.29 is 19.1 Å². The fraction of sp³-hybridized carbons (Fsp3) is 0.261. The number of carbonyl (C=O) groups is 1. The zero-order valence-corrected chi connectivity index (χ0v) is 16.5. The quantitative estimate of drug-likeness (QED) is 0.411. The molecule has 156 valence electrons. The second-order valence-electron chi connectivity index (χ2n) is 7.67. The second kappa shape index (κ2) is 8.30. The van der Waals surface area contributed by atoms with E-state index in [-0.39, 0.29) is 5.82 Å². The van der Waals surface area contributed by atoms with Crippen LogP contribution in [0.15, 0.2) is 55.1 Å². The molecule has 1 spiro atoms. The highest BCUT2D eigenvalue weighted by Crippen LogP contribution is 2.38. The van der Waals surface area contributed by atoms with Crippen LogP contribution >= 0.6 is 0 Å². The van der Waals surface area contributed by atoms with Gasteiger partial charge >= 0.3 is 0 Å². The molecule has 1 fully saturated rings. The predicted octanol–water partition coefficient (Wildman–Crippen LogP) is 3.29. The van der Waals surface area contributed by atoms with Gasteiger partial charge in [-0.3, -0.25) is 14.9 Å². The molecule has 0 bridgehead atoms. The third-order valence-corrected chi connectivity index (χ3v) is 5.53. The van der Waals surface area contributed by atoms with E-state index in [1.165, 1.54) is 18.2 Å². The summed E-state index contributed by atoms with van der Waals surface area (Å²) in [5.74, 6) is -0.0505. The van der Waals surface area contributed by atoms with Gasteiger partial charge in [-0.15, -0.1) is 0 Å². The normalized spacial score (nSPS) is 18.0. The molecule has 2 aromatic rings. The zero-order chi connectivity index (χ0) is 21.1. The first-order chi connectivity index (χ1) is 14.5. The third kappa shape index (κ3) is 4.37. The monoisotopic (exact) mass is 409 g/mol. The van der Waals surface area contributed by atoms with E-state index in [4.69, 9.17) is 9.94 Å². The Morgan fingerprint density at radius 3 is 2.70 bits per heavy atom. The molecule has 1 amide bonds.